The maximum absolute atomic E-state index is 12.1. The second-order valence-electron chi connectivity index (χ2n) is 5.95. The van der Waals surface area contributed by atoms with Gasteiger partial charge in [-0.1, -0.05) is 0 Å². The first-order chi connectivity index (χ1) is 13.3. The summed E-state index contributed by atoms with van der Waals surface area (Å²) in [6.45, 7) is 8.84. The molecular formula is C19H24N4O4S. The van der Waals surface area contributed by atoms with E-state index in [1.54, 1.807) is 26.0 Å². The van der Waals surface area contributed by atoms with E-state index in [9.17, 15) is 14.4 Å². The summed E-state index contributed by atoms with van der Waals surface area (Å²) in [4.78, 5) is 42.5. The topological polar surface area (TPSA) is 101 Å². The molecule has 0 fully saturated rings. The zero-order valence-corrected chi connectivity index (χ0v) is 17.2. The van der Waals surface area contributed by atoms with Gasteiger partial charge in [-0.25, -0.2) is 9.78 Å². The van der Waals surface area contributed by atoms with Crippen LogP contribution in [0.2, 0.25) is 0 Å². The summed E-state index contributed by atoms with van der Waals surface area (Å²) in [6.07, 6.45) is 0. The van der Waals surface area contributed by atoms with Crippen LogP contribution in [-0.4, -0.2) is 42.5 Å². The molecule has 28 heavy (non-hydrogen) atoms. The Bertz CT molecular complexity index is 844. The van der Waals surface area contributed by atoms with Crippen molar-refractivity contribution in [2.45, 2.75) is 27.7 Å². The van der Waals surface area contributed by atoms with Crippen molar-refractivity contribution in [3.63, 3.8) is 0 Å². The Hall–Kier alpha value is -2.94. The maximum atomic E-state index is 12.1. The van der Waals surface area contributed by atoms with E-state index >= 15 is 0 Å². The number of nitrogens with one attached hydrogen (secondary N) is 2. The molecule has 150 valence electrons. The highest BCUT2D eigenvalue weighted by atomic mass is 32.1. The highest BCUT2D eigenvalue weighted by Crippen LogP contribution is 2.18. The molecule has 0 saturated carbocycles. The largest absolute Gasteiger partial charge is 0.451 e. The first kappa shape index (κ1) is 21.4. The maximum Gasteiger partial charge on any atom is 0.350 e. The molecule has 0 aliphatic carbocycles. The summed E-state index contributed by atoms with van der Waals surface area (Å²) in [7, 11) is 0. The average molecular weight is 404 g/mol. The van der Waals surface area contributed by atoms with E-state index in [0.29, 0.717) is 16.1 Å². The summed E-state index contributed by atoms with van der Waals surface area (Å²) in [5, 5.41) is 0.744. The molecule has 2 N–H and O–H groups in total. The number of aryl methyl sites for hydroxylation is 2. The Labute approximate surface area is 167 Å². The number of rotatable bonds is 7. The van der Waals surface area contributed by atoms with E-state index in [-0.39, 0.29) is 0 Å². The third kappa shape index (κ3) is 5.53. The number of thiazole rings is 1. The Morgan fingerprint density at radius 3 is 2.25 bits per heavy atom. The molecule has 1 heterocycles. The first-order valence-corrected chi connectivity index (χ1v) is 9.72. The summed E-state index contributed by atoms with van der Waals surface area (Å²) < 4.78 is 4.95. The quantitative estimate of drug-likeness (QED) is 0.542. The van der Waals surface area contributed by atoms with Gasteiger partial charge in [0.2, 0.25) is 0 Å². The lowest BCUT2D eigenvalue weighted by atomic mass is 10.2. The molecule has 0 saturated heterocycles. The number of nitrogens with zero attached hydrogens (tertiary/aromatic N) is 2. The number of benzene rings is 1. The molecule has 0 atom stereocenters. The zero-order chi connectivity index (χ0) is 20.7. The van der Waals surface area contributed by atoms with Crippen LogP contribution in [0.1, 0.15) is 44.6 Å². The van der Waals surface area contributed by atoms with Crippen molar-refractivity contribution in [1.82, 2.24) is 15.8 Å². The van der Waals surface area contributed by atoms with Gasteiger partial charge in [-0.05, 0) is 52.0 Å². The molecule has 0 radical (unpaired) electrons. The molecule has 0 unspecified atom stereocenters. The number of hydrogen-bond donors (Lipinski definition) is 2. The number of hydrogen-bond acceptors (Lipinski definition) is 7. The summed E-state index contributed by atoms with van der Waals surface area (Å²) in [5.74, 6) is -1.71. The van der Waals surface area contributed by atoms with E-state index in [2.05, 4.69) is 34.6 Å². The number of aromatic nitrogens is 1. The summed E-state index contributed by atoms with van der Waals surface area (Å²) in [5.41, 5.74) is 6.52. The van der Waals surface area contributed by atoms with Crippen LogP contribution in [0.3, 0.4) is 0 Å². The van der Waals surface area contributed by atoms with Crippen molar-refractivity contribution < 1.29 is 19.1 Å². The summed E-state index contributed by atoms with van der Waals surface area (Å²) in [6, 6.07) is 7.07. The standard InChI is InChI=1S/C19H24N4O4S/c1-5-23(6-2)15-9-7-14(8-10-15)18(25)22-21-16(24)11-27-19(26)17-12(3)20-13(4)28-17/h7-10H,5-6,11H2,1-4H3,(H,21,24)(H,22,25). The van der Waals surface area contributed by atoms with Crippen LogP contribution in [-0.2, 0) is 9.53 Å². The van der Waals surface area contributed by atoms with E-state index in [1.165, 1.54) is 11.3 Å². The number of hydrazine groups is 1. The number of carbonyl (C=O) groups excluding carboxylic acids is 3. The zero-order valence-electron chi connectivity index (χ0n) is 16.4. The van der Waals surface area contributed by atoms with Crippen molar-refractivity contribution in [2.75, 3.05) is 24.6 Å². The minimum Gasteiger partial charge on any atom is -0.451 e. The molecule has 2 aromatic rings. The lowest BCUT2D eigenvalue weighted by Crippen LogP contribution is -2.43. The van der Waals surface area contributed by atoms with Crippen molar-refractivity contribution in [3.05, 3.63) is 45.4 Å². The Kier molecular flexibility index (Phi) is 7.51. The minimum absolute atomic E-state index is 0.364. The van der Waals surface area contributed by atoms with Gasteiger partial charge in [0.25, 0.3) is 11.8 Å². The predicted molar refractivity (Wildman–Crippen MR) is 107 cm³/mol. The molecule has 1 aromatic heterocycles. The van der Waals surface area contributed by atoms with Crippen LogP contribution in [0.15, 0.2) is 24.3 Å². The molecule has 1 aromatic carbocycles. The molecule has 2 rings (SSSR count). The summed E-state index contributed by atoms with van der Waals surface area (Å²) >= 11 is 1.21. The van der Waals surface area contributed by atoms with Crippen LogP contribution in [0, 0.1) is 13.8 Å². The van der Waals surface area contributed by atoms with Gasteiger partial charge in [0.05, 0.1) is 10.7 Å². The normalized spacial score (nSPS) is 10.3. The fraction of sp³-hybridized carbons (Fsp3) is 0.368. The van der Waals surface area contributed by atoms with Crippen molar-refractivity contribution in [2.24, 2.45) is 0 Å². The van der Waals surface area contributed by atoms with Gasteiger partial charge in [-0.3, -0.25) is 20.4 Å². The third-order valence-electron chi connectivity index (χ3n) is 4.00. The average Bonchev–Trinajstić information content (AvgIpc) is 3.03. The van der Waals surface area contributed by atoms with Gasteiger partial charge < -0.3 is 9.64 Å². The number of anilines is 1. The minimum atomic E-state index is -0.639. The Morgan fingerprint density at radius 1 is 1.07 bits per heavy atom. The monoisotopic (exact) mass is 404 g/mol. The lowest BCUT2D eigenvalue weighted by molar-refractivity contribution is -0.125. The van der Waals surface area contributed by atoms with Gasteiger partial charge >= 0.3 is 5.97 Å². The van der Waals surface area contributed by atoms with Crippen LogP contribution in [0.4, 0.5) is 5.69 Å². The van der Waals surface area contributed by atoms with E-state index in [1.807, 2.05) is 12.1 Å². The SMILES string of the molecule is CCN(CC)c1ccc(C(=O)NNC(=O)COC(=O)c2sc(C)nc2C)cc1. The fourth-order valence-electron chi connectivity index (χ4n) is 2.56. The number of amides is 2. The van der Waals surface area contributed by atoms with Crippen LogP contribution >= 0.6 is 11.3 Å². The van der Waals surface area contributed by atoms with Crippen LogP contribution < -0.4 is 15.8 Å². The molecule has 0 aliphatic rings. The van der Waals surface area contributed by atoms with Gasteiger partial charge in [-0.15, -0.1) is 11.3 Å². The molecule has 8 nitrogen and oxygen atoms in total. The molecule has 0 aliphatic heterocycles. The van der Waals surface area contributed by atoms with Crippen LogP contribution in [0.5, 0.6) is 0 Å². The number of ether oxygens (including phenoxy) is 1. The molecular weight excluding hydrogens is 380 g/mol. The van der Waals surface area contributed by atoms with Crippen molar-refractivity contribution in [1.29, 1.82) is 0 Å². The Morgan fingerprint density at radius 2 is 1.71 bits per heavy atom. The highest BCUT2D eigenvalue weighted by Gasteiger charge is 2.17. The number of carbonyl (C=O) groups is 3. The van der Waals surface area contributed by atoms with Crippen LogP contribution in [0.25, 0.3) is 0 Å². The lowest BCUT2D eigenvalue weighted by Gasteiger charge is -2.21. The fourth-order valence-corrected chi connectivity index (χ4v) is 3.38. The van der Waals surface area contributed by atoms with Gasteiger partial charge in [0.15, 0.2) is 6.61 Å². The van der Waals surface area contributed by atoms with E-state index in [4.69, 9.17) is 4.74 Å². The molecule has 0 spiro atoms. The van der Waals surface area contributed by atoms with Crippen molar-refractivity contribution >= 4 is 34.8 Å². The Balaban J connectivity index is 1.81. The smallest absolute Gasteiger partial charge is 0.350 e. The number of esters is 1. The van der Waals surface area contributed by atoms with Gasteiger partial charge in [-0.2, -0.15) is 0 Å². The molecule has 9 heteroatoms. The molecule has 2 amide bonds. The van der Waals surface area contributed by atoms with Gasteiger partial charge in [0, 0.05) is 24.3 Å². The molecule has 0 bridgehead atoms. The predicted octanol–water partition coefficient (Wildman–Crippen LogP) is 2.22. The second-order valence-corrected chi connectivity index (χ2v) is 7.15. The third-order valence-corrected chi connectivity index (χ3v) is 5.05. The van der Waals surface area contributed by atoms with Gasteiger partial charge in [0.1, 0.15) is 4.88 Å². The second kappa shape index (κ2) is 9.84. The van der Waals surface area contributed by atoms with E-state index < -0.39 is 24.4 Å². The van der Waals surface area contributed by atoms with Crippen molar-refractivity contribution in [3.8, 4) is 0 Å². The first-order valence-electron chi connectivity index (χ1n) is 8.91. The van der Waals surface area contributed by atoms with E-state index in [0.717, 1.165) is 23.8 Å². The highest BCUT2D eigenvalue weighted by molar-refractivity contribution is 7.13.